The van der Waals surface area contributed by atoms with Crippen LogP contribution in [0.1, 0.15) is 64.4 Å². The van der Waals surface area contributed by atoms with E-state index < -0.39 is 29.2 Å². The molecule has 4 amide bonds. The number of thioether (sulfide) groups is 1. The van der Waals surface area contributed by atoms with Crippen LogP contribution in [0.3, 0.4) is 0 Å². The number of nitrogens with zero attached hydrogens (tertiary/aromatic N) is 1. The third kappa shape index (κ3) is 5.39. The lowest BCUT2D eigenvalue weighted by molar-refractivity contribution is -0.137. The predicted molar refractivity (Wildman–Crippen MR) is 116 cm³/mol. The van der Waals surface area contributed by atoms with Crippen LogP contribution in [-0.4, -0.2) is 40.1 Å². The summed E-state index contributed by atoms with van der Waals surface area (Å²) in [5.74, 6) is -0.866. The van der Waals surface area contributed by atoms with Crippen LogP contribution in [0.2, 0.25) is 0 Å². The van der Waals surface area contributed by atoms with E-state index in [2.05, 4.69) is 10.6 Å². The van der Waals surface area contributed by atoms with E-state index in [0.717, 1.165) is 30.2 Å². The van der Waals surface area contributed by atoms with Crippen molar-refractivity contribution in [2.75, 3.05) is 11.9 Å². The second kappa shape index (κ2) is 9.72. The Morgan fingerprint density at radius 2 is 1.97 bits per heavy atom. The average molecular weight is 472 g/mol. The van der Waals surface area contributed by atoms with E-state index in [0.29, 0.717) is 17.7 Å². The molecule has 176 valence electrons. The van der Waals surface area contributed by atoms with Crippen LogP contribution in [0.25, 0.3) is 0 Å². The van der Waals surface area contributed by atoms with Crippen molar-refractivity contribution in [3.05, 3.63) is 23.8 Å². The number of halogens is 3. The van der Waals surface area contributed by atoms with Crippen LogP contribution in [0, 0.1) is 0 Å². The molecule has 0 bridgehead atoms. The molecule has 1 heterocycles. The maximum atomic E-state index is 13.5. The molecular formula is C22H28F3N3O3S. The summed E-state index contributed by atoms with van der Waals surface area (Å²) in [5.41, 5.74) is -2.00. The Morgan fingerprint density at radius 1 is 1.28 bits per heavy atom. The largest absolute Gasteiger partial charge is 0.418 e. The molecule has 2 fully saturated rings. The highest BCUT2D eigenvalue weighted by Crippen LogP contribution is 2.39. The number of hydrogen-bond donors (Lipinski definition) is 2. The molecule has 1 unspecified atom stereocenters. The molecule has 6 nitrogen and oxygen atoms in total. The SMILES string of the molecule is CCC(C)Sc1ccc(NC(=O)CCCN2C(=O)NC3(CCCC3)C2=O)c(C(F)(F)F)c1. The third-order valence-corrected chi connectivity index (χ3v) is 7.23. The van der Waals surface area contributed by atoms with Gasteiger partial charge in [-0.1, -0.05) is 26.7 Å². The molecule has 1 atom stereocenters. The Balaban J connectivity index is 1.59. The van der Waals surface area contributed by atoms with Gasteiger partial charge >= 0.3 is 12.2 Å². The first-order chi connectivity index (χ1) is 15.1. The van der Waals surface area contributed by atoms with Crippen LogP contribution in [0.5, 0.6) is 0 Å². The molecule has 10 heteroatoms. The molecule has 0 aromatic heterocycles. The summed E-state index contributed by atoms with van der Waals surface area (Å²) in [6.45, 7) is 3.95. The predicted octanol–water partition coefficient (Wildman–Crippen LogP) is 5.18. The summed E-state index contributed by atoms with van der Waals surface area (Å²) >= 11 is 1.35. The number of urea groups is 1. The quantitative estimate of drug-likeness (QED) is 0.405. The molecule has 1 spiro atoms. The van der Waals surface area contributed by atoms with Crippen molar-refractivity contribution in [3.63, 3.8) is 0 Å². The van der Waals surface area contributed by atoms with Crippen LogP contribution >= 0.6 is 11.8 Å². The Hall–Kier alpha value is -2.23. The minimum Gasteiger partial charge on any atom is -0.326 e. The standard InChI is InChI=1S/C22H28F3N3O3S/c1-3-14(2)32-15-8-9-17(16(13-15)22(23,24)25)26-18(29)7-6-12-28-19(30)21(27-20(28)31)10-4-5-11-21/h8-9,13-14H,3-7,10-12H2,1-2H3,(H,26,29)(H,27,31). The molecule has 0 radical (unpaired) electrons. The normalized spacial score (nSPS) is 18.8. The number of amides is 4. The van der Waals surface area contributed by atoms with Gasteiger partial charge in [-0.05, 0) is 43.9 Å². The van der Waals surface area contributed by atoms with Crippen LogP contribution in [0.4, 0.5) is 23.7 Å². The lowest BCUT2D eigenvalue weighted by Gasteiger charge is -2.20. The number of imide groups is 1. The molecule has 1 saturated carbocycles. The highest BCUT2D eigenvalue weighted by atomic mass is 32.2. The molecule has 1 aromatic carbocycles. The molecule has 1 aliphatic heterocycles. The number of benzene rings is 1. The van der Waals surface area contributed by atoms with Gasteiger partial charge in [0.15, 0.2) is 0 Å². The van der Waals surface area contributed by atoms with Crippen molar-refractivity contribution in [1.82, 2.24) is 10.2 Å². The number of carbonyl (C=O) groups excluding carboxylic acids is 3. The third-order valence-electron chi connectivity index (χ3n) is 5.97. The van der Waals surface area contributed by atoms with Crippen molar-refractivity contribution in [2.45, 2.75) is 80.7 Å². The fraction of sp³-hybridized carbons (Fsp3) is 0.591. The maximum absolute atomic E-state index is 13.5. The van der Waals surface area contributed by atoms with Crippen LogP contribution in [-0.2, 0) is 15.8 Å². The van der Waals surface area contributed by atoms with Gasteiger partial charge in [-0.3, -0.25) is 14.5 Å². The summed E-state index contributed by atoms with van der Waals surface area (Å²) in [5, 5.41) is 5.27. The van der Waals surface area contributed by atoms with Crippen LogP contribution < -0.4 is 10.6 Å². The number of alkyl halides is 3. The fourth-order valence-electron chi connectivity index (χ4n) is 4.06. The van der Waals surface area contributed by atoms with E-state index in [1.807, 2.05) is 13.8 Å². The Morgan fingerprint density at radius 3 is 2.59 bits per heavy atom. The topological polar surface area (TPSA) is 78.5 Å². The second-order valence-electron chi connectivity index (χ2n) is 8.37. The minimum absolute atomic E-state index is 0.0520. The first-order valence-electron chi connectivity index (χ1n) is 10.9. The smallest absolute Gasteiger partial charge is 0.326 e. The molecular weight excluding hydrogens is 443 g/mol. The number of carbonyl (C=O) groups is 3. The van der Waals surface area contributed by atoms with Crippen molar-refractivity contribution in [1.29, 1.82) is 0 Å². The molecule has 1 saturated heterocycles. The summed E-state index contributed by atoms with van der Waals surface area (Å²) in [6.07, 6.45) is -0.750. The molecule has 1 aromatic rings. The zero-order valence-corrected chi connectivity index (χ0v) is 19.0. The number of rotatable bonds is 8. The van der Waals surface area contributed by atoms with Crippen molar-refractivity contribution in [2.24, 2.45) is 0 Å². The number of hydrogen-bond acceptors (Lipinski definition) is 4. The van der Waals surface area contributed by atoms with Gasteiger partial charge in [0, 0.05) is 23.1 Å². The summed E-state index contributed by atoms with van der Waals surface area (Å²) in [4.78, 5) is 38.7. The average Bonchev–Trinajstić information content (AvgIpc) is 3.28. The maximum Gasteiger partial charge on any atom is 0.418 e. The van der Waals surface area contributed by atoms with Crippen molar-refractivity contribution >= 4 is 35.3 Å². The van der Waals surface area contributed by atoms with E-state index in [1.54, 1.807) is 6.07 Å². The molecule has 1 aliphatic carbocycles. The Kier molecular flexibility index (Phi) is 7.42. The summed E-state index contributed by atoms with van der Waals surface area (Å²) in [7, 11) is 0. The highest BCUT2D eigenvalue weighted by Gasteiger charge is 2.52. The van der Waals surface area contributed by atoms with Crippen LogP contribution in [0.15, 0.2) is 23.1 Å². The van der Waals surface area contributed by atoms with Gasteiger partial charge in [-0.25, -0.2) is 4.79 Å². The number of anilines is 1. The first-order valence-corrected chi connectivity index (χ1v) is 11.8. The zero-order chi connectivity index (χ0) is 23.5. The van der Waals surface area contributed by atoms with Crippen molar-refractivity contribution < 1.29 is 27.6 Å². The van der Waals surface area contributed by atoms with Gasteiger partial charge in [0.25, 0.3) is 5.91 Å². The zero-order valence-electron chi connectivity index (χ0n) is 18.2. The highest BCUT2D eigenvalue weighted by molar-refractivity contribution is 7.99. The van der Waals surface area contributed by atoms with E-state index in [9.17, 15) is 27.6 Å². The lowest BCUT2D eigenvalue weighted by atomic mass is 9.98. The first kappa shape index (κ1) is 24.4. The van der Waals surface area contributed by atoms with Gasteiger partial charge in [-0.2, -0.15) is 13.2 Å². The van der Waals surface area contributed by atoms with E-state index in [1.165, 1.54) is 17.8 Å². The van der Waals surface area contributed by atoms with Gasteiger partial charge in [0.1, 0.15) is 5.54 Å². The van der Waals surface area contributed by atoms with Crippen molar-refractivity contribution in [3.8, 4) is 0 Å². The van der Waals surface area contributed by atoms with E-state index in [4.69, 9.17) is 0 Å². The summed E-state index contributed by atoms with van der Waals surface area (Å²) < 4.78 is 40.6. The van der Waals surface area contributed by atoms with Gasteiger partial charge in [0.05, 0.1) is 11.3 Å². The lowest BCUT2D eigenvalue weighted by Crippen LogP contribution is -2.44. The Bertz CT molecular complexity index is 885. The monoisotopic (exact) mass is 471 g/mol. The minimum atomic E-state index is -4.61. The van der Waals surface area contributed by atoms with Gasteiger partial charge in [0.2, 0.25) is 5.91 Å². The van der Waals surface area contributed by atoms with E-state index >= 15 is 0 Å². The molecule has 32 heavy (non-hydrogen) atoms. The van der Waals surface area contributed by atoms with Gasteiger partial charge in [-0.15, -0.1) is 11.8 Å². The molecule has 3 rings (SSSR count). The fourth-order valence-corrected chi connectivity index (χ4v) is 5.03. The summed E-state index contributed by atoms with van der Waals surface area (Å²) in [6, 6.07) is 3.43. The molecule has 2 aliphatic rings. The Labute approximate surface area is 189 Å². The second-order valence-corrected chi connectivity index (χ2v) is 9.88. The molecule has 2 N–H and O–H groups in total. The van der Waals surface area contributed by atoms with E-state index in [-0.39, 0.29) is 36.2 Å². The number of nitrogens with one attached hydrogen (secondary N) is 2. The van der Waals surface area contributed by atoms with Gasteiger partial charge < -0.3 is 10.6 Å².